The molecule has 0 spiro atoms. The van der Waals surface area contributed by atoms with Gasteiger partial charge in [-0.15, -0.1) is 0 Å². The van der Waals surface area contributed by atoms with Crippen LogP contribution in [0.3, 0.4) is 0 Å². The molecule has 0 aliphatic heterocycles. The van der Waals surface area contributed by atoms with Gasteiger partial charge in [0.15, 0.2) is 0 Å². The number of aliphatic hydroxyl groups excluding tert-OH is 2. The first kappa shape index (κ1) is 71.8. The lowest BCUT2D eigenvalue weighted by atomic mass is 10.0. The summed E-state index contributed by atoms with van der Waals surface area (Å²) in [5, 5.41) is 23.2. The third kappa shape index (κ3) is 59.1. The number of carbonyl (C=O) groups excluding carboxylic acids is 2. The van der Waals surface area contributed by atoms with E-state index in [-0.39, 0.29) is 18.5 Å². The Bertz CT molecular complexity index is 1240. The molecule has 6 heteroatoms. The largest absolute Gasteiger partial charge is 0.466 e. The van der Waals surface area contributed by atoms with E-state index in [9.17, 15) is 19.8 Å². The fourth-order valence-corrected chi connectivity index (χ4v) is 10.0. The molecule has 0 saturated heterocycles. The number of ether oxygens (including phenoxy) is 1. The summed E-state index contributed by atoms with van der Waals surface area (Å²) >= 11 is 0. The van der Waals surface area contributed by atoms with Crippen LogP contribution in [0.1, 0.15) is 348 Å². The minimum atomic E-state index is -0.857. The Morgan fingerprint density at radius 1 is 0.378 bits per heavy atom. The minimum Gasteiger partial charge on any atom is -0.466 e. The minimum absolute atomic E-state index is 0.0147. The molecule has 0 aliphatic rings. The summed E-state index contributed by atoms with van der Waals surface area (Å²) in [7, 11) is 0. The Labute approximate surface area is 461 Å². The molecular weight excluding hydrogens is 911 g/mol. The van der Waals surface area contributed by atoms with Gasteiger partial charge in [0.05, 0.1) is 25.4 Å². The smallest absolute Gasteiger partial charge is 0.305 e. The quantitative estimate of drug-likeness (QED) is 0.0320. The molecule has 0 aromatic carbocycles. The first-order chi connectivity index (χ1) is 36.5. The lowest BCUT2D eigenvalue weighted by Gasteiger charge is -2.20. The predicted octanol–water partition coefficient (Wildman–Crippen LogP) is 20.9. The van der Waals surface area contributed by atoms with Crippen LogP contribution in [0.4, 0.5) is 0 Å². The van der Waals surface area contributed by atoms with Crippen molar-refractivity contribution in [2.24, 2.45) is 0 Å². The third-order valence-corrected chi connectivity index (χ3v) is 15.1. The normalized spacial score (nSPS) is 12.9. The molecule has 3 N–H and O–H groups in total. The van der Waals surface area contributed by atoms with Crippen LogP contribution in [-0.4, -0.2) is 47.4 Å². The maximum Gasteiger partial charge on any atom is 0.305 e. The van der Waals surface area contributed by atoms with Gasteiger partial charge in [-0.3, -0.25) is 9.59 Å². The van der Waals surface area contributed by atoms with Gasteiger partial charge >= 0.3 is 5.97 Å². The van der Waals surface area contributed by atoms with E-state index in [0.717, 1.165) is 77.0 Å². The zero-order chi connectivity index (χ0) is 53.6. The Kier molecular flexibility index (Phi) is 61.5. The molecule has 0 aromatic heterocycles. The molecule has 6 nitrogen and oxygen atoms in total. The molecule has 434 valence electrons. The van der Waals surface area contributed by atoms with Crippen LogP contribution in [0.5, 0.6) is 0 Å². The zero-order valence-corrected chi connectivity index (χ0v) is 49.6. The van der Waals surface area contributed by atoms with Crippen molar-refractivity contribution in [2.45, 2.75) is 360 Å². The second-order valence-electron chi connectivity index (χ2n) is 22.4. The first-order valence-corrected chi connectivity index (χ1v) is 32.9. The summed E-state index contributed by atoms with van der Waals surface area (Å²) in [6.07, 6.45) is 81.6. The van der Waals surface area contributed by atoms with Crippen molar-refractivity contribution in [3.05, 3.63) is 48.6 Å². The van der Waals surface area contributed by atoms with Crippen molar-refractivity contribution in [1.82, 2.24) is 5.32 Å². The van der Waals surface area contributed by atoms with E-state index < -0.39 is 12.1 Å². The van der Waals surface area contributed by atoms with Crippen LogP contribution in [0.25, 0.3) is 0 Å². The van der Waals surface area contributed by atoms with Crippen LogP contribution in [0.15, 0.2) is 48.6 Å². The van der Waals surface area contributed by atoms with E-state index >= 15 is 0 Å². The molecule has 74 heavy (non-hydrogen) atoms. The number of aliphatic hydroxyl groups is 2. The molecule has 0 heterocycles. The number of hydrogen-bond acceptors (Lipinski definition) is 5. The molecule has 0 rings (SSSR count). The molecule has 0 radical (unpaired) electrons. The average molecular weight is 1040 g/mol. The molecule has 0 fully saturated rings. The van der Waals surface area contributed by atoms with Gasteiger partial charge in [0.25, 0.3) is 0 Å². The summed E-state index contributed by atoms with van der Waals surface area (Å²) in [6.45, 7) is 4.86. The Morgan fingerprint density at radius 2 is 0.676 bits per heavy atom. The van der Waals surface area contributed by atoms with Crippen LogP contribution >= 0.6 is 0 Å². The van der Waals surface area contributed by atoms with Gasteiger partial charge in [0.1, 0.15) is 0 Å². The molecule has 1 amide bonds. The van der Waals surface area contributed by atoms with E-state index in [0.29, 0.717) is 19.4 Å². The van der Waals surface area contributed by atoms with E-state index in [1.165, 1.54) is 244 Å². The Balaban J connectivity index is 3.49. The molecule has 2 atom stereocenters. The SMILES string of the molecule is CCCCC/C=C\C/C=C\CCCCCCCCCCCC(=O)OCCCCCC/C=C\CCCCCCCCCC(=O)NC(CO)C(O)/C=C/CCCCCCCCCCCCCCCCCCCCCCC. The van der Waals surface area contributed by atoms with E-state index in [1.54, 1.807) is 6.08 Å². The summed E-state index contributed by atoms with van der Waals surface area (Å²) in [5.74, 6) is -0.0955. The lowest BCUT2D eigenvalue weighted by molar-refractivity contribution is -0.143. The highest BCUT2D eigenvalue weighted by Crippen LogP contribution is 2.17. The molecule has 0 saturated carbocycles. The monoisotopic (exact) mass is 1040 g/mol. The highest BCUT2D eigenvalue weighted by atomic mass is 16.5. The van der Waals surface area contributed by atoms with Crippen LogP contribution < -0.4 is 5.32 Å². The molecule has 0 aromatic rings. The lowest BCUT2D eigenvalue weighted by Crippen LogP contribution is -2.45. The van der Waals surface area contributed by atoms with Crippen molar-refractivity contribution in [1.29, 1.82) is 0 Å². The number of hydrogen-bond donors (Lipinski definition) is 3. The predicted molar refractivity (Wildman–Crippen MR) is 324 cm³/mol. The van der Waals surface area contributed by atoms with Crippen molar-refractivity contribution in [3.63, 3.8) is 0 Å². The van der Waals surface area contributed by atoms with Gasteiger partial charge in [-0.1, -0.05) is 294 Å². The van der Waals surface area contributed by atoms with Gasteiger partial charge in [-0.2, -0.15) is 0 Å². The van der Waals surface area contributed by atoms with Crippen molar-refractivity contribution in [2.75, 3.05) is 13.2 Å². The topological polar surface area (TPSA) is 95.9 Å². The summed E-state index contributed by atoms with van der Waals surface area (Å²) in [6, 6.07) is -0.642. The van der Waals surface area contributed by atoms with E-state index in [4.69, 9.17) is 4.74 Å². The second kappa shape index (κ2) is 63.4. The number of rotatable bonds is 61. The summed E-state index contributed by atoms with van der Waals surface area (Å²) in [4.78, 5) is 24.6. The maximum absolute atomic E-state index is 12.5. The summed E-state index contributed by atoms with van der Waals surface area (Å²) < 4.78 is 5.48. The highest BCUT2D eigenvalue weighted by molar-refractivity contribution is 5.76. The van der Waals surface area contributed by atoms with Gasteiger partial charge in [-0.25, -0.2) is 0 Å². The fourth-order valence-electron chi connectivity index (χ4n) is 10.0. The van der Waals surface area contributed by atoms with Crippen molar-refractivity contribution >= 4 is 11.9 Å². The van der Waals surface area contributed by atoms with Gasteiger partial charge in [-0.05, 0) is 89.9 Å². The first-order valence-electron chi connectivity index (χ1n) is 32.9. The van der Waals surface area contributed by atoms with Crippen LogP contribution in [0, 0.1) is 0 Å². The number of allylic oxidation sites excluding steroid dienone is 7. The molecular formula is C68H127NO5. The summed E-state index contributed by atoms with van der Waals surface area (Å²) in [5.41, 5.74) is 0. The Hall–Kier alpha value is -2.18. The van der Waals surface area contributed by atoms with Crippen LogP contribution in [-0.2, 0) is 14.3 Å². The van der Waals surface area contributed by atoms with Gasteiger partial charge < -0.3 is 20.3 Å². The van der Waals surface area contributed by atoms with Crippen molar-refractivity contribution < 1.29 is 24.5 Å². The number of unbranched alkanes of at least 4 members (excludes halogenated alkanes) is 44. The number of esters is 1. The van der Waals surface area contributed by atoms with Crippen molar-refractivity contribution in [3.8, 4) is 0 Å². The van der Waals surface area contributed by atoms with E-state index in [1.807, 2.05) is 6.08 Å². The number of carbonyl (C=O) groups is 2. The number of nitrogens with one attached hydrogen (secondary N) is 1. The zero-order valence-electron chi connectivity index (χ0n) is 49.6. The van der Waals surface area contributed by atoms with E-state index in [2.05, 4.69) is 55.6 Å². The standard InChI is InChI=1S/C68H127NO5/c1-3-5-7-9-11-13-15-17-19-21-23-24-25-26-28-29-32-36-40-44-48-52-56-60-66(71)65(64-70)69-67(72)61-57-53-49-45-41-37-33-31-35-39-43-47-51-55-59-63-74-68(73)62-58-54-50-46-42-38-34-30-27-22-20-18-16-14-12-10-8-6-4-2/h12,14,18,20,35,39,56,60,65-66,70-71H,3-11,13,15-17,19,21-34,36-38,40-55,57-59,61-64H2,1-2H3,(H,69,72)/b14-12-,20-18-,39-35-,60-56+. The van der Waals surface area contributed by atoms with Gasteiger partial charge in [0, 0.05) is 12.8 Å². The Morgan fingerprint density at radius 3 is 1.07 bits per heavy atom. The second-order valence-corrected chi connectivity index (χ2v) is 22.4. The van der Waals surface area contributed by atoms with Gasteiger partial charge in [0.2, 0.25) is 5.91 Å². The molecule has 2 unspecified atom stereocenters. The number of amides is 1. The van der Waals surface area contributed by atoms with Crippen LogP contribution in [0.2, 0.25) is 0 Å². The average Bonchev–Trinajstić information content (AvgIpc) is 3.40. The maximum atomic E-state index is 12.5. The highest BCUT2D eigenvalue weighted by Gasteiger charge is 2.18. The molecule has 0 aliphatic carbocycles. The molecule has 0 bridgehead atoms. The fraction of sp³-hybridized carbons (Fsp3) is 0.853. The third-order valence-electron chi connectivity index (χ3n) is 15.1.